The molecule has 3 heterocycles. The summed E-state index contributed by atoms with van der Waals surface area (Å²) in [4.78, 5) is 22.6. The number of halogens is 1. The second-order valence-electron chi connectivity index (χ2n) is 8.40. The van der Waals surface area contributed by atoms with Gasteiger partial charge in [0.25, 0.3) is 5.91 Å². The Balaban J connectivity index is 1.62. The summed E-state index contributed by atoms with van der Waals surface area (Å²) in [5.74, 6) is 2.52. The van der Waals surface area contributed by atoms with Crippen LogP contribution in [0, 0.1) is 0 Å². The van der Waals surface area contributed by atoms with E-state index in [-0.39, 0.29) is 5.91 Å². The normalized spacial score (nSPS) is 14.4. The molecule has 0 spiro atoms. The minimum absolute atomic E-state index is 0.294. The molecule has 1 amide bonds. The van der Waals surface area contributed by atoms with Gasteiger partial charge in [-0.05, 0) is 48.9 Å². The van der Waals surface area contributed by atoms with Crippen molar-refractivity contribution in [2.45, 2.75) is 13.0 Å². The van der Waals surface area contributed by atoms with Crippen molar-refractivity contribution in [3.05, 3.63) is 82.1 Å². The Morgan fingerprint density at radius 1 is 1.03 bits per heavy atom. The van der Waals surface area contributed by atoms with Gasteiger partial charge >= 0.3 is 0 Å². The van der Waals surface area contributed by atoms with Crippen LogP contribution in [0.15, 0.2) is 76.5 Å². The zero-order valence-corrected chi connectivity index (χ0v) is 22.7. The van der Waals surface area contributed by atoms with Gasteiger partial charge in [0, 0.05) is 21.9 Å². The molecule has 194 valence electrons. The molecule has 0 radical (unpaired) electrons. The van der Waals surface area contributed by atoms with E-state index in [0.717, 1.165) is 10.0 Å². The second-order valence-corrected chi connectivity index (χ2v) is 9.32. The van der Waals surface area contributed by atoms with Crippen molar-refractivity contribution >= 4 is 33.6 Å². The summed E-state index contributed by atoms with van der Waals surface area (Å²) in [6, 6.07) is 16.1. The van der Waals surface area contributed by atoms with Crippen LogP contribution in [-0.4, -0.2) is 47.0 Å². The molecule has 0 saturated carbocycles. The third kappa shape index (κ3) is 4.68. The van der Waals surface area contributed by atoms with Gasteiger partial charge in [-0.15, -0.1) is 5.10 Å². The molecular formula is C27H25BrN6O4. The first-order valence-corrected chi connectivity index (χ1v) is 12.4. The second kappa shape index (κ2) is 10.5. The number of hydrogen-bond donors (Lipinski definition) is 2. The van der Waals surface area contributed by atoms with Crippen LogP contribution >= 0.6 is 15.9 Å². The summed E-state index contributed by atoms with van der Waals surface area (Å²) in [6.07, 6.45) is 1.63. The van der Waals surface area contributed by atoms with E-state index in [9.17, 15) is 4.79 Å². The Hall–Kier alpha value is -4.38. The number of methoxy groups -OCH3 is 3. The van der Waals surface area contributed by atoms with Crippen LogP contribution in [0.1, 0.15) is 18.5 Å². The predicted octanol–water partition coefficient (Wildman–Crippen LogP) is 5.06. The Labute approximate surface area is 227 Å². The number of anilines is 2. The maximum absolute atomic E-state index is 13.6. The summed E-state index contributed by atoms with van der Waals surface area (Å²) < 4.78 is 19.1. The zero-order chi connectivity index (χ0) is 26.8. The van der Waals surface area contributed by atoms with Crippen molar-refractivity contribution in [3.8, 4) is 28.6 Å². The minimum Gasteiger partial charge on any atom is -0.493 e. The minimum atomic E-state index is -0.550. The standard InChI is InChI=1S/C27H25BrN6O4/c1-15-22(26(35)31-21-7-5-6-12-29-21)23(16-8-10-18(28)11-9-16)34-27(30-15)32-25(33-34)17-13-19(36-2)24(38-4)20(14-17)37-3/h5-14,23H,1-4H3,(H,29,31,35)(H,30,32,33)/t23-/m0/s1. The Bertz CT molecular complexity index is 1490. The largest absolute Gasteiger partial charge is 0.493 e. The molecule has 0 aliphatic carbocycles. The van der Waals surface area contributed by atoms with E-state index >= 15 is 0 Å². The van der Waals surface area contributed by atoms with E-state index in [1.54, 1.807) is 56.5 Å². The summed E-state index contributed by atoms with van der Waals surface area (Å²) in [6.45, 7) is 1.84. The number of fused-ring (bicyclic) bond motifs is 1. The lowest BCUT2D eigenvalue weighted by molar-refractivity contribution is -0.113. The number of rotatable bonds is 7. The van der Waals surface area contributed by atoms with E-state index in [1.807, 2.05) is 37.3 Å². The number of nitrogens with one attached hydrogen (secondary N) is 2. The maximum atomic E-state index is 13.6. The third-order valence-electron chi connectivity index (χ3n) is 6.11. The van der Waals surface area contributed by atoms with Gasteiger partial charge in [0.2, 0.25) is 11.7 Å². The molecule has 0 unspecified atom stereocenters. The number of aromatic nitrogens is 4. The van der Waals surface area contributed by atoms with Crippen molar-refractivity contribution < 1.29 is 19.0 Å². The van der Waals surface area contributed by atoms with Crippen LogP contribution in [0.2, 0.25) is 0 Å². The van der Waals surface area contributed by atoms with Gasteiger partial charge in [0.15, 0.2) is 17.3 Å². The number of carbonyl (C=O) groups is 1. The predicted molar refractivity (Wildman–Crippen MR) is 147 cm³/mol. The average molecular weight is 577 g/mol. The number of hydrogen-bond acceptors (Lipinski definition) is 8. The number of nitrogens with zero attached hydrogens (tertiary/aromatic N) is 4. The van der Waals surface area contributed by atoms with Gasteiger partial charge in [0.05, 0.1) is 26.9 Å². The van der Waals surface area contributed by atoms with Gasteiger partial charge in [0.1, 0.15) is 11.9 Å². The van der Waals surface area contributed by atoms with Crippen LogP contribution in [0.3, 0.4) is 0 Å². The highest BCUT2D eigenvalue weighted by Gasteiger charge is 2.35. The fourth-order valence-electron chi connectivity index (χ4n) is 4.35. The number of allylic oxidation sites excluding steroid dienone is 1. The van der Waals surface area contributed by atoms with Crippen molar-refractivity contribution in [1.82, 2.24) is 19.7 Å². The summed E-state index contributed by atoms with van der Waals surface area (Å²) in [5.41, 5.74) is 2.67. The highest BCUT2D eigenvalue weighted by Crippen LogP contribution is 2.42. The van der Waals surface area contributed by atoms with Crippen molar-refractivity contribution in [2.75, 3.05) is 32.0 Å². The van der Waals surface area contributed by atoms with Crippen LogP contribution in [0.4, 0.5) is 11.8 Å². The molecule has 0 fully saturated rings. The van der Waals surface area contributed by atoms with Gasteiger partial charge in [-0.25, -0.2) is 9.67 Å². The maximum Gasteiger partial charge on any atom is 0.257 e. The molecule has 2 aromatic heterocycles. The van der Waals surface area contributed by atoms with Crippen LogP contribution < -0.4 is 24.8 Å². The molecule has 1 atom stereocenters. The molecule has 2 aromatic carbocycles. The number of amides is 1. The van der Waals surface area contributed by atoms with Crippen LogP contribution in [0.5, 0.6) is 17.2 Å². The first-order chi connectivity index (χ1) is 18.4. The summed E-state index contributed by atoms with van der Waals surface area (Å²) in [5, 5.41) is 11.0. The highest BCUT2D eigenvalue weighted by molar-refractivity contribution is 9.10. The van der Waals surface area contributed by atoms with Gasteiger partial charge in [-0.1, -0.05) is 34.1 Å². The third-order valence-corrected chi connectivity index (χ3v) is 6.64. The van der Waals surface area contributed by atoms with Crippen molar-refractivity contribution in [3.63, 3.8) is 0 Å². The monoisotopic (exact) mass is 576 g/mol. The molecule has 1 aliphatic rings. The van der Waals surface area contributed by atoms with Crippen LogP contribution in [0.25, 0.3) is 11.4 Å². The van der Waals surface area contributed by atoms with E-state index < -0.39 is 6.04 Å². The molecule has 0 bridgehead atoms. The van der Waals surface area contributed by atoms with Crippen LogP contribution in [-0.2, 0) is 4.79 Å². The molecule has 0 saturated heterocycles. The molecule has 38 heavy (non-hydrogen) atoms. The summed E-state index contributed by atoms with van der Waals surface area (Å²) >= 11 is 3.49. The highest BCUT2D eigenvalue weighted by atomic mass is 79.9. The van der Waals surface area contributed by atoms with Crippen molar-refractivity contribution in [2.24, 2.45) is 0 Å². The molecule has 1 aliphatic heterocycles. The number of ether oxygens (including phenoxy) is 3. The molecule has 11 heteroatoms. The molecule has 4 aromatic rings. The number of benzene rings is 2. The molecule has 5 rings (SSSR count). The zero-order valence-electron chi connectivity index (χ0n) is 21.2. The smallest absolute Gasteiger partial charge is 0.257 e. The van der Waals surface area contributed by atoms with E-state index in [0.29, 0.717) is 51.7 Å². The molecular weight excluding hydrogens is 552 g/mol. The molecule has 2 N–H and O–H groups in total. The van der Waals surface area contributed by atoms with Gasteiger partial charge in [-0.2, -0.15) is 4.98 Å². The topological polar surface area (TPSA) is 112 Å². The number of pyridine rings is 1. The Morgan fingerprint density at radius 3 is 2.34 bits per heavy atom. The lowest BCUT2D eigenvalue weighted by Gasteiger charge is -2.28. The number of carbonyl (C=O) groups excluding carboxylic acids is 1. The van der Waals surface area contributed by atoms with Gasteiger partial charge in [-0.3, -0.25) is 4.79 Å². The fourth-order valence-corrected chi connectivity index (χ4v) is 4.62. The quantitative estimate of drug-likeness (QED) is 0.314. The fraction of sp³-hybridized carbons (Fsp3) is 0.185. The van der Waals surface area contributed by atoms with Crippen molar-refractivity contribution in [1.29, 1.82) is 0 Å². The van der Waals surface area contributed by atoms with E-state index in [4.69, 9.17) is 24.3 Å². The van der Waals surface area contributed by atoms with Gasteiger partial charge < -0.3 is 24.8 Å². The summed E-state index contributed by atoms with van der Waals surface area (Å²) in [7, 11) is 4.65. The molecule has 10 nitrogen and oxygen atoms in total. The lowest BCUT2D eigenvalue weighted by Crippen LogP contribution is -2.31. The average Bonchev–Trinajstić information content (AvgIpc) is 3.36. The Morgan fingerprint density at radius 2 is 1.74 bits per heavy atom. The first-order valence-electron chi connectivity index (χ1n) is 11.7. The SMILES string of the molecule is COc1cc(-c2nc3n(n2)[C@@H](c2ccc(Br)cc2)C(C(=O)Nc2ccccn2)=C(C)N3)cc(OC)c1OC. The van der Waals surface area contributed by atoms with E-state index in [2.05, 4.69) is 31.5 Å². The first kappa shape index (κ1) is 25.3. The van der Waals surface area contributed by atoms with E-state index in [1.165, 1.54) is 0 Å². The lowest BCUT2D eigenvalue weighted by atomic mass is 9.95. The Kier molecular flexibility index (Phi) is 7.01.